The number of rotatable bonds is 2. The van der Waals surface area contributed by atoms with Crippen LogP contribution < -0.4 is 4.90 Å². The van der Waals surface area contributed by atoms with E-state index in [1.54, 1.807) is 23.1 Å². The molecule has 0 aromatic heterocycles. The second-order valence-electron chi connectivity index (χ2n) is 4.92. The topological polar surface area (TPSA) is 27.0 Å². The van der Waals surface area contributed by atoms with Gasteiger partial charge < -0.3 is 4.90 Å². The minimum absolute atomic E-state index is 0.0849. The zero-order valence-electron chi connectivity index (χ0n) is 10.8. The lowest BCUT2D eigenvalue weighted by atomic mass is 9.96. The fourth-order valence-electron chi connectivity index (χ4n) is 2.49. The molecule has 20 heavy (non-hydrogen) atoms. The van der Waals surface area contributed by atoms with E-state index >= 15 is 0 Å². The van der Waals surface area contributed by atoms with Gasteiger partial charge in [0.15, 0.2) is 0 Å². The van der Waals surface area contributed by atoms with E-state index in [4.69, 9.17) is 16.9 Å². The van der Waals surface area contributed by atoms with Gasteiger partial charge in [-0.3, -0.25) is 0 Å². The molecule has 2 rings (SSSR count). The summed E-state index contributed by atoms with van der Waals surface area (Å²) >= 11 is 5.71. The van der Waals surface area contributed by atoms with E-state index in [1.807, 2.05) is 6.07 Å². The number of hydrogen-bond acceptors (Lipinski definition) is 2. The number of hydrogen-bond donors (Lipinski definition) is 0. The van der Waals surface area contributed by atoms with Crippen molar-refractivity contribution < 1.29 is 13.2 Å². The second-order valence-corrected chi connectivity index (χ2v) is 5.19. The number of anilines is 1. The van der Waals surface area contributed by atoms with Gasteiger partial charge in [-0.2, -0.15) is 18.4 Å². The standard InChI is InChI=1S/C14H14ClF3N2/c15-7-10-3-4-13(11(6-10)8-19)20-5-1-2-12(9-20)14(16,17)18/h3-4,6,12H,1-2,5,7,9H2. The van der Waals surface area contributed by atoms with Gasteiger partial charge in [-0.25, -0.2) is 0 Å². The Balaban J connectivity index is 2.25. The number of nitrogens with zero attached hydrogens (tertiary/aromatic N) is 2. The second kappa shape index (κ2) is 5.92. The first-order chi connectivity index (χ1) is 9.45. The van der Waals surface area contributed by atoms with E-state index in [9.17, 15) is 13.2 Å². The Hall–Kier alpha value is -1.41. The van der Waals surface area contributed by atoms with Gasteiger partial charge in [-0.15, -0.1) is 11.6 Å². The van der Waals surface area contributed by atoms with E-state index in [-0.39, 0.29) is 18.8 Å². The molecule has 0 N–H and O–H groups in total. The molecule has 1 heterocycles. The van der Waals surface area contributed by atoms with Crippen LogP contribution in [0.25, 0.3) is 0 Å². The van der Waals surface area contributed by atoms with Crippen LogP contribution in [0.15, 0.2) is 18.2 Å². The maximum absolute atomic E-state index is 12.8. The Morgan fingerprint density at radius 2 is 2.15 bits per heavy atom. The molecule has 1 saturated heterocycles. The monoisotopic (exact) mass is 302 g/mol. The zero-order valence-corrected chi connectivity index (χ0v) is 11.5. The van der Waals surface area contributed by atoms with Gasteiger partial charge in [-0.1, -0.05) is 6.07 Å². The normalized spacial score (nSPS) is 19.8. The lowest BCUT2D eigenvalue weighted by Gasteiger charge is -2.35. The van der Waals surface area contributed by atoms with Crippen LogP contribution in [0.2, 0.25) is 0 Å². The van der Waals surface area contributed by atoms with E-state index in [0.717, 1.165) is 5.56 Å². The van der Waals surface area contributed by atoms with Crippen LogP contribution in [0, 0.1) is 17.2 Å². The van der Waals surface area contributed by atoms with Crippen LogP contribution >= 0.6 is 11.6 Å². The molecule has 2 nitrogen and oxygen atoms in total. The zero-order chi connectivity index (χ0) is 14.8. The van der Waals surface area contributed by atoms with Gasteiger partial charge in [0.05, 0.1) is 17.2 Å². The van der Waals surface area contributed by atoms with Gasteiger partial charge in [0.25, 0.3) is 0 Å². The maximum Gasteiger partial charge on any atom is 0.393 e. The Labute approximate surface area is 120 Å². The van der Waals surface area contributed by atoms with Gasteiger partial charge >= 0.3 is 6.18 Å². The van der Waals surface area contributed by atoms with Crippen molar-refractivity contribution in [2.24, 2.45) is 5.92 Å². The van der Waals surface area contributed by atoms with Crippen LogP contribution in [0.4, 0.5) is 18.9 Å². The highest BCUT2D eigenvalue weighted by atomic mass is 35.5. The molecule has 1 unspecified atom stereocenters. The molecule has 6 heteroatoms. The summed E-state index contributed by atoms with van der Waals surface area (Å²) in [7, 11) is 0. The summed E-state index contributed by atoms with van der Waals surface area (Å²) in [4.78, 5) is 1.65. The minimum atomic E-state index is -4.18. The van der Waals surface area contributed by atoms with Crippen molar-refractivity contribution in [2.45, 2.75) is 24.9 Å². The third-order valence-corrected chi connectivity index (χ3v) is 3.87. The lowest BCUT2D eigenvalue weighted by molar-refractivity contribution is -0.175. The highest BCUT2D eigenvalue weighted by Crippen LogP contribution is 2.35. The highest BCUT2D eigenvalue weighted by Gasteiger charge is 2.42. The SMILES string of the molecule is N#Cc1cc(CCl)ccc1N1CCCC(C(F)(F)F)C1. The molecular formula is C14H14ClF3N2. The van der Waals surface area contributed by atoms with E-state index in [0.29, 0.717) is 24.2 Å². The van der Waals surface area contributed by atoms with Crippen LogP contribution in [0.5, 0.6) is 0 Å². The first kappa shape index (κ1) is 15.0. The molecule has 0 aliphatic carbocycles. The van der Waals surface area contributed by atoms with E-state index in [2.05, 4.69) is 0 Å². The van der Waals surface area contributed by atoms with E-state index < -0.39 is 12.1 Å². The molecule has 1 aromatic rings. The molecule has 0 amide bonds. The third kappa shape index (κ3) is 3.18. The Bertz CT molecular complexity index is 522. The van der Waals surface area contributed by atoms with Crippen molar-refractivity contribution in [3.05, 3.63) is 29.3 Å². The van der Waals surface area contributed by atoms with Crippen molar-refractivity contribution in [2.75, 3.05) is 18.0 Å². The summed E-state index contributed by atoms with van der Waals surface area (Å²) in [5.74, 6) is -1.05. The van der Waals surface area contributed by atoms with Crippen LogP contribution in [0.3, 0.4) is 0 Å². The molecule has 0 bridgehead atoms. The summed E-state index contributed by atoms with van der Waals surface area (Å²) in [5, 5.41) is 9.15. The van der Waals surface area contributed by atoms with E-state index in [1.165, 1.54) is 0 Å². The molecule has 108 valence electrons. The largest absolute Gasteiger partial charge is 0.393 e. The van der Waals surface area contributed by atoms with Crippen LogP contribution in [-0.4, -0.2) is 19.3 Å². The average molecular weight is 303 g/mol. The van der Waals surface area contributed by atoms with Crippen molar-refractivity contribution >= 4 is 17.3 Å². The number of nitriles is 1. The Morgan fingerprint density at radius 3 is 2.75 bits per heavy atom. The quantitative estimate of drug-likeness (QED) is 0.770. The fraction of sp³-hybridized carbons (Fsp3) is 0.500. The van der Waals surface area contributed by atoms with Gasteiger partial charge in [-0.05, 0) is 30.5 Å². The summed E-state index contributed by atoms with van der Waals surface area (Å²) in [6.45, 7) is 0.458. The minimum Gasteiger partial charge on any atom is -0.370 e. The first-order valence-electron chi connectivity index (χ1n) is 6.36. The van der Waals surface area contributed by atoms with Crippen molar-refractivity contribution in [3.8, 4) is 6.07 Å². The summed E-state index contributed by atoms with van der Waals surface area (Å²) < 4.78 is 38.5. The number of benzene rings is 1. The first-order valence-corrected chi connectivity index (χ1v) is 6.90. The molecule has 1 aliphatic heterocycles. The molecule has 1 aromatic carbocycles. The van der Waals surface area contributed by atoms with Gasteiger partial charge in [0.1, 0.15) is 6.07 Å². The highest BCUT2D eigenvalue weighted by molar-refractivity contribution is 6.17. The number of alkyl halides is 4. The van der Waals surface area contributed by atoms with Crippen LogP contribution in [0.1, 0.15) is 24.0 Å². The van der Waals surface area contributed by atoms with Crippen molar-refractivity contribution in [1.82, 2.24) is 0 Å². The van der Waals surface area contributed by atoms with Crippen LogP contribution in [-0.2, 0) is 5.88 Å². The number of piperidine rings is 1. The van der Waals surface area contributed by atoms with Crippen molar-refractivity contribution in [1.29, 1.82) is 5.26 Å². The molecule has 1 aliphatic rings. The molecule has 0 spiro atoms. The maximum atomic E-state index is 12.8. The number of halogens is 4. The lowest BCUT2D eigenvalue weighted by Crippen LogP contribution is -2.42. The molecule has 1 atom stereocenters. The molecular weight excluding hydrogens is 289 g/mol. The van der Waals surface area contributed by atoms with Crippen molar-refractivity contribution in [3.63, 3.8) is 0 Å². The average Bonchev–Trinajstić information content (AvgIpc) is 2.45. The summed E-state index contributed by atoms with van der Waals surface area (Å²) in [5.41, 5.74) is 1.73. The summed E-state index contributed by atoms with van der Waals surface area (Å²) in [6.07, 6.45) is -3.55. The predicted molar refractivity (Wildman–Crippen MR) is 71.7 cm³/mol. The third-order valence-electron chi connectivity index (χ3n) is 3.56. The molecule has 0 saturated carbocycles. The predicted octanol–water partition coefficient (Wildman–Crippen LogP) is 4.08. The smallest absolute Gasteiger partial charge is 0.370 e. The Morgan fingerprint density at radius 1 is 1.40 bits per heavy atom. The van der Waals surface area contributed by atoms with Gasteiger partial charge in [0.2, 0.25) is 0 Å². The van der Waals surface area contributed by atoms with Gasteiger partial charge in [0, 0.05) is 19.0 Å². The molecule has 1 fully saturated rings. The fourth-order valence-corrected chi connectivity index (χ4v) is 2.66. The molecule has 0 radical (unpaired) electrons. The Kier molecular flexibility index (Phi) is 4.44. The summed E-state index contributed by atoms with van der Waals surface area (Å²) in [6, 6.07) is 7.12.